The smallest absolute Gasteiger partial charge is 0.0614 e. The Kier molecular flexibility index (Phi) is 3.64. The van der Waals surface area contributed by atoms with Crippen molar-refractivity contribution in [1.29, 1.82) is 0 Å². The molecule has 1 atom stereocenters. The van der Waals surface area contributed by atoms with E-state index in [-0.39, 0.29) is 0 Å². The molecule has 0 bridgehead atoms. The van der Waals surface area contributed by atoms with Gasteiger partial charge in [0.25, 0.3) is 0 Å². The van der Waals surface area contributed by atoms with Crippen LogP contribution in [-0.4, -0.2) is 5.16 Å². The Morgan fingerprint density at radius 3 is 1.25 bits per heavy atom. The van der Waals surface area contributed by atoms with Crippen LogP contribution in [0.5, 0.6) is 0 Å². The first-order chi connectivity index (χ1) is 3.68. The molecule has 0 aliphatic rings. The maximum absolute atomic E-state index is 2.28. The molecule has 50 valence electrons. The largest absolute Gasteiger partial charge is 0.0723 e. The van der Waals surface area contributed by atoms with Crippen molar-refractivity contribution < 1.29 is 0 Å². The van der Waals surface area contributed by atoms with Crippen molar-refractivity contribution in [2.24, 2.45) is 0 Å². The van der Waals surface area contributed by atoms with Gasteiger partial charge >= 0.3 is 0 Å². The van der Waals surface area contributed by atoms with E-state index in [0.717, 1.165) is 0 Å². The minimum Gasteiger partial charge on any atom is -0.0614 e. The Bertz CT molecular complexity index is 47.1. The Labute approximate surface area is 55.3 Å². The molecule has 0 rings (SSSR count). The van der Waals surface area contributed by atoms with Crippen LogP contribution in [0.3, 0.4) is 0 Å². The van der Waals surface area contributed by atoms with E-state index in [1.165, 1.54) is 19.3 Å². The number of hydrogen-bond donors (Lipinski definition) is 0. The Hall–Kier alpha value is 0.430. The predicted octanol–water partition coefficient (Wildman–Crippen LogP) is 2.56. The third-order valence-corrected chi connectivity index (χ3v) is 3.75. The summed E-state index contributed by atoms with van der Waals surface area (Å²) < 4.78 is 0. The molecule has 0 aromatic carbocycles. The van der Waals surface area contributed by atoms with Gasteiger partial charge in [-0.15, -0.1) is 0 Å². The van der Waals surface area contributed by atoms with E-state index in [2.05, 4.69) is 30.0 Å². The van der Waals surface area contributed by atoms with Gasteiger partial charge in [-0.1, -0.05) is 20.8 Å². The van der Waals surface area contributed by atoms with Crippen LogP contribution in [0.15, 0.2) is 0 Å². The molecule has 0 spiro atoms. The van der Waals surface area contributed by atoms with Crippen LogP contribution < -0.4 is 0 Å². The fourth-order valence-corrected chi connectivity index (χ4v) is 0.750. The van der Waals surface area contributed by atoms with Gasteiger partial charge in [0.15, 0.2) is 0 Å². The lowest BCUT2D eigenvalue weighted by atomic mass is 9.99. The Morgan fingerprint density at radius 2 is 1.25 bits per heavy atom. The Morgan fingerprint density at radius 1 is 1.00 bits per heavy atom. The SMILES string of the molecule is CCC([PH3+])(CC)CC. The Balaban J connectivity index is 3.58. The van der Waals surface area contributed by atoms with E-state index in [0.29, 0.717) is 5.16 Å². The van der Waals surface area contributed by atoms with Gasteiger partial charge in [0.2, 0.25) is 0 Å². The third-order valence-electron chi connectivity index (χ3n) is 2.25. The van der Waals surface area contributed by atoms with E-state index in [1.807, 2.05) is 0 Å². The molecule has 0 fully saturated rings. The van der Waals surface area contributed by atoms with Crippen LogP contribution in [-0.2, 0) is 0 Å². The minimum absolute atomic E-state index is 0.653. The van der Waals surface area contributed by atoms with Crippen LogP contribution in [0, 0.1) is 0 Å². The normalized spacial score (nSPS) is 12.4. The molecule has 0 saturated carbocycles. The van der Waals surface area contributed by atoms with Gasteiger partial charge in [0, 0.05) is 0 Å². The molecule has 0 aliphatic carbocycles. The van der Waals surface area contributed by atoms with Gasteiger partial charge in [-0.2, -0.15) is 0 Å². The van der Waals surface area contributed by atoms with E-state index in [9.17, 15) is 0 Å². The highest BCUT2D eigenvalue weighted by atomic mass is 31.0. The molecule has 1 heteroatoms. The predicted molar refractivity (Wildman–Crippen MR) is 44.7 cm³/mol. The maximum atomic E-state index is 2.28. The van der Waals surface area contributed by atoms with Gasteiger partial charge < -0.3 is 0 Å². The lowest BCUT2D eigenvalue weighted by Gasteiger charge is -2.17. The van der Waals surface area contributed by atoms with Crippen LogP contribution >= 0.6 is 9.24 Å². The summed E-state index contributed by atoms with van der Waals surface area (Å²) >= 11 is 0. The molecule has 0 nitrogen and oxygen atoms in total. The molecule has 0 heterocycles. The summed E-state index contributed by atoms with van der Waals surface area (Å²) in [5.74, 6) is 0. The zero-order chi connectivity index (χ0) is 6.62. The van der Waals surface area contributed by atoms with Gasteiger partial charge in [0.1, 0.15) is 0 Å². The second-order valence-corrected chi connectivity index (χ2v) is 4.06. The van der Waals surface area contributed by atoms with Crippen molar-refractivity contribution in [3.05, 3.63) is 0 Å². The fraction of sp³-hybridized carbons (Fsp3) is 1.00. The molecule has 0 amide bonds. The zero-order valence-electron chi connectivity index (χ0n) is 6.33. The summed E-state index contributed by atoms with van der Waals surface area (Å²) in [5.41, 5.74) is 0. The molecule has 1 unspecified atom stereocenters. The minimum atomic E-state index is 0.653. The molecule has 0 aromatic rings. The lowest BCUT2D eigenvalue weighted by Crippen LogP contribution is -2.15. The van der Waals surface area contributed by atoms with E-state index in [4.69, 9.17) is 0 Å². The fourth-order valence-electron chi connectivity index (χ4n) is 0.750. The van der Waals surface area contributed by atoms with Crippen LogP contribution in [0.1, 0.15) is 40.0 Å². The maximum Gasteiger partial charge on any atom is 0.0723 e. The van der Waals surface area contributed by atoms with Gasteiger partial charge in [-0.3, -0.25) is 0 Å². The van der Waals surface area contributed by atoms with E-state index >= 15 is 0 Å². The van der Waals surface area contributed by atoms with Crippen LogP contribution in [0.2, 0.25) is 0 Å². The summed E-state index contributed by atoms with van der Waals surface area (Å²) in [7, 11) is 2.16. The molecule has 0 aliphatic heterocycles. The third kappa shape index (κ3) is 2.13. The molecule has 0 aromatic heterocycles. The van der Waals surface area contributed by atoms with Gasteiger partial charge in [-0.25, -0.2) is 0 Å². The van der Waals surface area contributed by atoms with Crippen LogP contribution in [0.25, 0.3) is 0 Å². The first kappa shape index (κ1) is 8.43. The zero-order valence-corrected chi connectivity index (χ0v) is 7.74. The van der Waals surface area contributed by atoms with E-state index in [1.54, 1.807) is 0 Å². The van der Waals surface area contributed by atoms with Crippen LogP contribution in [0.4, 0.5) is 0 Å². The second-order valence-electron chi connectivity index (χ2n) is 2.56. The summed E-state index contributed by atoms with van der Waals surface area (Å²) in [5, 5.41) is 0.653. The summed E-state index contributed by atoms with van der Waals surface area (Å²) in [6.07, 6.45) is 4.00. The molecule has 8 heavy (non-hydrogen) atoms. The summed E-state index contributed by atoms with van der Waals surface area (Å²) in [4.78, 5) is 0. The molecular formula is C7H18P+. The molecule has 0 saturated heterocycles. The molecule has 0 radical (unpaired) electrons. The average molecular weight is 133 g/mol. The highest BCUT2D eigenvalue weighted by molar-refractivity contribution is 7.18. The monoisotopic (exact) mass is 133 g/mol. The highest BCUT2D eigenvalue weighted by Crippen LogP contribution is 2.29. The molecule has 0 N–H and O–H groups in total. The first-order valence-electron chi connectivity index (χ1n) is 3.54. The first-order valence-corrected chi connectivity index (χ1v) is 4.24. The number of hydrogen-bond acceptors (Lipinski definition) is 0. The van der Waals surface area contributed by atoms with Crippen molar-refractivity contribution >= 4 is 9.24 Å². The highest BCUT2D eigenvalue weighted by Gasteiger charge is 2.21. The standard InChI is InChI=1S/C7H17P/c1-4-7(8,5-2)6-3/h4-6,8H2,1-3H3/p+1. The van der Waals surface area contributed by atoms with Crippen molar-refractivity contribution in [2.45, 2.75) is 45.2 Å². The topological polar surface area (TPSA) is 0 Å². The molecular weight excluding hydrogens is 115 g/mol. The van der Waals surface area contributed by atoms with Crippen molar-refractivity contribution in [3.8, 4) is 0 Å². The van der Waals surface area contributed by atoms with Gasteiger partial charge in [0.05, 0.1) is 5.16 Å². The van der Waals surface area contributed by atoms with Crippen molar-refractivity contribution in [3.63, 3.8) is 0 Å². The van der Waals surface area contributed by atoms with Gasteiger partial charge in [-0.05, 0) is 28.5 Å². The van der Waals surface area contributed by atoms with Crippen molar-refractivity contribution in [2.75, 3.05) is 0 Å². The average Bonchev–Trinajstić information content (AvgIpc) is 1.87. The van der Waals surface area contributed by atoms with Crippen molar-refractivity contribution in [1.82, 2.24) is 0 Å². The quantitative estimate of drug-likeness (QED) is 0.519. The second kappa shape index (κ2) is 3.45. The summed E-state index contributed by atoms with van der Waals surface area (Å²) in [6, 6.07) is 0. The lowest BCUT2D eigenvalue weighted by molar-refractivity contribution is 0.531. The number of rotatable bonds is 3. The summed E-state index contributed by atoms with van der Waals surface area (Å²) in [6.45, 7) is 6.83. The van der Waals surface area contributed by atoms with E-state index < -0.39 is 0 Å².